The van der Waals surface area contributed by atoms with Gasteiger partial charge in [-0.25, -0.2) is 14.0 Å². The minimum atomic E-state index is -1.18. The maximum Gasteiger partial charge on any atom is 0.335 e. The van der Waals surface area contributed by atoms with E-state index in [0.29, 0.717) is 0 Å². The molecule has 0 saturated heterocycles. The van der Waals surface area contributed by atoms with Crippen LogP contribution in [-0.2, 0) is 14.3 Å². The number of carboxylic acids is 1. The molecule has 0 saturated carbocycles. The Morgan fingerprint density at radius 1 is 1.53 bits per heavy atom. The summed E-state index contributed by atoms with van der Waals surface area (Å²) in [6.45, 7) is -0.892. The third kappa shape index (κ3) is 2.55. The number of alkyl halides is 1. The number of esters is 1. The maximum atomic E-state index is 12.3. The molecule has 5 nitrogen and oxygen atoms in total. The predicted molar refractivity (Wildman–Crippen MR) is 48.2 cm³/mol. The summed E-state index contributed by atoms with van der Waals surface area (Å²) >= 11 is 0. The normalized spacial score (nSPS) is 15.5. The zero-order valence-electron chi connectivity index (χ0n) is 8.07. The molecule has 0 fully saturated rings. The summed E-state index contributed by atoms with van der Waals surface area (Å²) in [5.41, 5.74) is 0.0746. The number of carboxylic acid groups (broad SMARTS) is 1. The molecule has 82 valence electrons. The fourth-order valence-corrected chi connectivity index (χ4v) is 1.19. The van der Waals surface area contributed by atoms with Crippen molar-refractivity contribution in [3.63, 3.8) is 0 Å². The van der Waals surface area contributed by atoms with Crippen LogP contribution in [0.2, 0.25) is 0 Å². The van der Waals surface area contributed by atoms with Crippen LogP contribution < -0.4 is 0 Å². The van der Waals surface area contributed by atoms with E-state index in [-0.39, 0.29) is 17.6 Å². The number of carbonyl (C=O) groups is 2. The molecule has 1 aliphatic rings. The average Bonchev–Trinajstić information content (AvgIpc) is 2.27. The lowest BCUT2D eigenvalue weighted by Crippen LogP contribution is -2.21. The van der Waals surface area contributed by atoms with Crippen LogP contribution in [0.1, 0.15) is 6.42 Å². The van der Waals surface area contributed by atoms with Gasteiger partial charge in [0, 0.05) is 18.8 Å². The van der Waals surface area contributed by atoms with Crippen LogP contribution in [-0.4, -0.2) is 35.9 Å². The Morgan fingerprint density at radius 3 is 2.60 bits per heavy atom. The van der Waals surface area contributed by atoms with Crippen LogP contribution in [0, 0.1) is 0 Å². The highest BCUT2D eigenvalue weighted by atomic mass is 19.1. The molecule has 1 aliphatic heterocycles. The Balaban J connectivity index is 2.90. The summed E-state index contributed by atoms with van der Waals surface area (Å²) in [6, 6.07) is 0. The van der Waals surface area contributed by atoms with Crippen LogP contribution in [0.4, 0.5) is 4.39 Å². The Hall–Kier alpha value is -1.85. The SMILES string of the molecule is COC(=O)C1=CN(CF)C=C(C(=O)O)C1. The van der Waals surface area contributed by atoms with Crippen LogP contribution in [0.5, 0.6) is 0 Å². The van der Waals surface area contributed by atoms with Gasteiger partial charge in [0.1, 0.15) is 0 Å². The Labute approximate surface area is 85.4 Å². The fraction of sp³-hybridized carbons (Fsp3) is 0.333. The number of hydrogen-bond acceptors (Lipinski definition) is 4. The molecule has 0 radical (unpaired) electrons. The summed E-state index contributed by atoms with van der Waals surface area (Å²) < 4.78 is 16.8. The first-order chi connectivity index (χ1) is 7.08. The molecule has 6 heteroatoms. The zero-order valence-corrected chi connectivity index (χ0v) is 8.07. The number of aliphatic carboxylic acids is 1. The lowest BCUT2D eigenvalue weighted by molar-refractivity contribution is -0.136. The molecule has 0 spiro atoms. The number of nitrogens with zero attached hydrogens (tertiary/aromatic N) is 1. The monoisotopic (exact) mass is 215 g/mol. The van der Waals surface area contributed by atoms with Gasteiger partial charge in [0.25, 0.3) is 0 Å². The first kappa shape index (κ1) is 11.2. The number of carbonyl (C=O) groups excluding carboxylic acids is 1. The highest BCUT2D eigenvalue weighted by Crippen LogP contribution is 2.20. The minimum Gasteiger partial charge on any atom is -0.478 e. The van der Waals surface area contributed by atoms with Gasteiger partial charge in [-0.2, -0.15) is 0 Å². The summed E-state index contributed by atoms with van der Waals surface area (Å²) in [4.78, 5) is 22.8. The van der Waals surface area contributed by atoms with Crippen molar-refractivity contribution in [1.82, 2.24) is 4.90 Å². The molecule has 0 aromatic rings. The van der Waals surface area contributed by atoms with Gasteiger partial charge < -0.3 is 14.7 Å². The minimum absolute atomic E-state index is 0.0458. The summed E-state index contributed by atoms with van der Waals surface area (Å²) in [6.07, 6.45) is 2.32. The quantitative estimate of drug-likeness (QED) is 0.553. The highest BCUT2D eigenvalue weighted by Gasteiger charge is 2.21. The first-order valence-corrected chi connectivity index (χ1v) is 4.13. The molecule has 0 atom stereocenters. The van der Waals surface area contributed by atoms with E-state index in [2.05, 4.69) is 4.74 Å². The Kier molecular flexibility index (Phi) is 3.43. The van der Waals surface area contributed by atoms with Crippen molar-refractivity contribution in [3.8, 4) is 0 Å². The second-order valence-corrected chi connectivity index (χ2v) is 2.92. The van der Waals surface area contributed by atoms with Gasteiger partial charge in [0.05, 0.1) is 18.3 Å². The van der Waals surface area contributed by atoms with Crippen LogP contribution in [0.15, 0.2) is 23.5 Å². The van der Waals surface area contributed by atoms with Crippen LogP contribution in [0.3, 0.4) is 0 Å². The Bertz CT molecular complexity index is 348. The van der Waals surface area contributed by atoms with Gasteiger partial charge >= 0.3 is 11.9 Å². The molecule has 0 amide bonds. The molecule has 1 heterocycles. The molecule has 0 bridgehead atoms. The van der Waals surface area contributed by atoms with E-state index < -0.39 is 18.7 Å². The van der Waals surface area contributed by atoms with Gasteiger partial charge in [-0.3, -0.25) is 0 Å². The molecule has 0 unspecified atom stereocenters. The molecule has 0 aromatic carbocycles. The van der Waals surface area contributed by atoms with Crippen molar-refractivity contribution in [2.75, 3.05) is 13.9 Å². The molecular weight excluding hydrogens is 205 g/mol. The summed E-state index contributed by atoms with van der Waals surface area (Å²) in [5.74, 6) is -1.83. The van der Waals surface area contributed by atoms with Gasteiger partial charge in [-0.1, -0.05) is 0 Å². The van der Waals surface area contributed by atoms with E-state index in [1.54, 1.807) is 0 Å². The molecular formula is C9H10FNO4. The van der Waals surface area contributed by atoms with Crippen LogP contribution >= 0.6 is 0 Å². The number of methoxy groups -OCH3 is 1. The van der Waals surface area contributed by atoms with Gasteiger partial charge in [0.2, 0.25) is 0 Å². The maximum absolute atomic E-state index is 12.3. The lowest BCUT2D eigenvalue weighted by Gasteiger charge is -2.19. The van der Waals surface area contributed by atoms with Gasteiger partial charge in [-0.15, -0.1) is 0 Å². The molecule has 0 aromatic heterocycles. The standard InChI is InChI=1S/C9H10FNO4/c1-15-9(14)7-2-6(8(12)13)3-11(4-7)5-10/h3-4H,2,5H2,1H3,(H,12,13). The lowest BCUT2D eigenvalue weighted by atomic mass is 10.0. The molecule has 15 heavy (non-hydrogen) atoms. The third-order valence-electron chi connectivity index (χ3n) is 1.88. The van der Waals surface area contributed by atoms with Crippen molar-refractivity contribution < 1.29 is 23.8 Å². The first-order valence-electron chi connectivity index (χ1n) is 4.13. The second-order valence-electron chi connectivity index (χ2n) is 2.92. The Morgan fingerprint density at radius 2 is 2.13 bits per heavy atom. The van der Waals surface area contributed by atoms with E-state index in [1.165, 1.54) is 13.3 Å². The fourth-order valence-electron chi connectivity index (χ4n) is 1.19. The van der Waals surface area contributed by atoms with E-state index in [9.17, 15) is 14.0 Å². The van der Waals surface area contributed by atoms with E-state index >= 15 is 0 Å². The second kappa shape index (κ2) is 4.59. The number of rotatable bonds is 3. The van der Waals surface area contributed by atoms with Gasteiger partial charge in [0.15, 0.2) is 6.80 Å². The highest BCUT2D eigenvalue weighted by molar-refractivity contribution is 5.94. The average molecular weight is 215 g/mol. The van der Waals surface area contributed by atoms with Crippen LogP contribution in [0.25, 0.3) is 0 Å². The summed E-state index contributed by atoms with van der Waals surface area (Å²) in [7, 11) is 1.18. The predicted octanol–water partition coefficient (Wildman–Crippen LogP) is 0.645. The van der Waals surface area contributed by atoms with E-state index in [4.69, 9.17) is 5.11 Å². The number of hydrogen-bond donors (Lipinski definition) is 1. The summed E-state index contributed by atoms with van der Waals surface area (Å²) in [5, 5.41) is 8.73. The topological polar surface area (TPSA) is 66.8 Å². The molecule has 0 aliphatic carbocycles. The molecule has 1 N–H and O–H groups in total. The smallest absolute Gasteiger partial charge is 0.335 e. The van der Waals surface area contributed by atoms with Crippen molar-refractivity contribution in [2.24, 2.45) is 0 Å². The van der Waals surface area contributed by atoms with Crippen molar-refractivity contribution >= 4 is 11.9 Å². The number of ether oxygens (including phenoxy) is 1. The third-order valence-corrected chi connectivity index (χ3v) is 1.88. The van der Waals surface area contributed by atoms with Crippen molar-refractivity contribution in [1.29, 1.82) is 0 Å². The van der Waals surface area contributed by atoms with Crippen molar-refractivity contribution in [3.05, 3.63) is 23.5 Å². The van der Waals surface area contributed by atoms with E-state index in [0.717, 1.165) is 11.1 Å². The van der Waals surface area contributed by atoms with Crippen molar-refractivity contribution in [2.45, 2.75) is 6.42 Å². The zero-order chi connectivity index (χ0) is 11.4. The number of halogens is 1. The van der Waals surface area contributed by atoms with E-state index in [1.807, 2.05) is 0 Å². The largest absolute Gasteiger partial charge is 0.478 e. The van der Waals surface area contributed by atoms with Gasteiger partial charge in [-0.05, 0) is 0 Å². The molecule has 1 rings (SSSR count).